The minimum Gasteiger partial charge on any atom is -0.313 e. The van der Waals surface area contributed by atoms with Crippen molar-refractivity contribution in [1.29, 1.82) is 0 Å². The Bertz CT molecular complexity index is 661. The van der Waals surface area contributed by atoms with Crippen LogP contribution in [0.1, 0.15) is 37.4 Å². The Morgan fingerprint density at radius 3 is 3.05 bits per heavy atom. The minimum absolute atomic E-state index is 0.130. The number of hydrogen-bond acceptors (Lipinski definition) is 5. The van der Waals surface area contributed by atoms with Gasteiger partial charge in [-0.1, -0.05) is 0 Å². The van der Waals surface area contributed by atoms with Crippen molar-refractivity contribution in [3.8, 4) is 0 Å². The lowest BCUT2D eigenvalue weighted by Crippen LogP contribution is -2.16. The summed E-state index contributed by atoms with van der Waals surface area (Å²) in [6, 6.07) is 4.59. The summed E-state index contributed by atoms with van der Waals surface area (Å²) in [5.41, 5.74) is 1.04. The van der Waals surface area contributed by atoms with Gasteiger partial charge in [0.05, 0.1) is 0 Å². The molecule has 2 aromatic heterocycles. The molecule has 0 bridgehead atoms. The van der Waals surface area contributed by atoms with E-state index in [1.807, 2.05) is 19.2 Å². The molecule has 1 unspecified atom stereocenters. The van der Waals surface area contributed by atoms with Crippen molar-refractivity contribution in [1.82, 2.24) is 25.1 Å². The van der Waals surface area contributed by atoms with Gasteiger partial charge in [0.1, 0.15) is 5.03 Å². The van der Waals surface area contributed by atoms with E-state index in [9.17, 15) is 4.79 Å². The minimum atomic E-state index is -0.130. The molecule has 0 spiro atoms. The third-order valence-corrected chi connectivity index (χ3v) is 4.37. The molecule has 0 saturated heterocycles. The van der Waals surface area contributed by atoms with E-state index in [-0.39, 0.29) is 11.7 Å². The van der Waals surface area contributed by atoms with Crippen LogP contribution in [0, 0.1) is 0 Å². The summed E-state index contributed by atoms with van der Waals surface area (Å²) in [5.74, 6) is 0. The summed E-state index contributed by atoms with van der Waals surface area (Å²) >= 11 is 1.43. The Balaban J connectivity index is 1.86. The Morgan fingerprint density at radius 1 is 1.55 bits per heavy atom. The molecule has 3 rings (SSSR count). The van der Waals surface area contributed by atoms with Crippen LogP contribution in [0.2, 0.25) is 0 Å². The normalized spacial score (nSPS) is 16.3. The van der Waals surface area contributed by atoms with Gasteiger partial charge in [-0.25, -0.2) is 14.9 Å². The summed E-state index contributed by atoms with van der Waals surface area (Å²) in [4.78, 5) is 16.1. The molecule has 106 valence electrons. The van der Waals surface area contributed by atoms with E-state index in [0.717, 1.165) is 17.9 Å². The van der Waals surface area contributed by atoms with E-state index in [0.29, 0.717) is 11.2 Å². The second kappa shape index (κ2) is 5.41. The van der Waals surface area contributed by atoms with Crippen LogP contribution >= 0.6 is 11.8 Å². The third kappa shape index (κ3) is 2.64. The van der Waals surface area contributed by atoms with Gasteiger partial charge in [0.25, 0.3) is 0 Å². The fourth-order valence-electron chi connectivity index (χ4n) is 2.03. The zero-order valence-electron chi connectivity index (χ0n) is 11.5. The molecular weight excluding hydrogens is 274 g/mol. The highest BCUT2D eigenvalue weighted by atomic mass is 32.2. The van der Waals surface area contributed by atoms with E-state index >= 15 is 0 Å². The summed E-state index contributed by atoms with van der Waals surface area (Å²) in [6.07, 6.45) is 3.90. The highest BCUT2D eigenvalue weighted by molar-refractivity contribution is 7.99. The molecule has 2 aromatic rings. The fourth-order valence-corrected chi connectivity index (χ4v) is 2.94. The van der Waals surface area contributed by atoms with Gasteiger partial charge in [-0.2, -0.15) is 0 Å². The predicted octanol–water partition coefficient (Wildman–Crippen LogP) is 1.73. The van der Waals surface area contributed by atoms with Crippen molar-refractivity contribution >= 4 is 11.8 Å². The fraction of sp³-hybridized carbons (Fsp3) is 0.462. The summed E-state index contributed by atoms with van der Waals surface area (Å²) in [7, 11) is 1.93. The molecule has 1 aliphatic carbocycles. The van der Waals surface area contributed by atoms with Gasteiger partial charge in [-0.3, -0.25) is 4.57 Å². The van der Waals surface area contributed by atoms with Gasteiger partial charge in [0.15, 0.2) is 5.16 Å². The molecule has 0 radical (unpaired) electrons. The van der Waals surface area contributed by atoms with E-state index < -0.39 is 0 Å². The summed E-state index contributed by atoms with van der Waals surface area (Å²) in [5, 5.41) is 11.4. The van der Waals surface area contributed by atoms with Crippen molar-refractivity contribution in [2.24, 2.45) is 0 Å². The van der Waals surface area contributed by atoms with Gasteiger partial charge in [0, 0.05) is 18.3 Å². The van der Waals surface area contributed by atoms with Crippen molar-refractivity contribution in [2.75, 3.05) is 7.05 Å². The van der Waals surface area contributed by atoms with E-state index in [4.69, 9.17) is 0 Å². The second-order valence-electron chi connectivity index (χ2n) is 4.95. The first kappa shape index (κ1) is 13.4. The number of nitrogens with zero attached hydrogens (tertiary/aromatic N) is 3. The average Bonchev–Trinajstić information content (AvgIpc) is 3.23. The van der Waals surface area contributed by atoms with Gasteiger partial charge >= 0.3 is 5.69 Å². The topological polar surface area (TPSA) is 75.6 Å². The standard InChI is InChI=1S/C13H17N5OS/c1-8(14-2)9-5-6-15-11(7-9)20-13-17-16-12(19)18(13)10-3-4-10/h5-8,10,14H,3-4H2,1-2H3,(H,16,19). The molecule has 7 heteroatoms. The zero-order valence-corrected chi connectivity index (χ0v) is 12.3. The monoisotopic (exact) mass is 291 g/mol. The van der Waals surface area contributed by atoms with Crippen molar-refractivity contribution in [3.05, 3.63) is 34.4 Å². The smallest absolute Gasteiger partial charge is 0.313 e. The number of H-pyrrole nitrogens is 1. The van der Waals surface area contributed by atoms with Gasteiger partial charge in [0.2, 0.25) is 0 Å². The second-order valence-corrected chi connectivity index (χ2v) is 5.94. The Kier molecular flexibility index (Phi) is 3.62. The molecular formula is C13H17N5OS. The van der Waals surface area contributed by atoms with Crippen LogP contribution in [0.4, 0.5) is 0 Å². The Hall–Kier alpha value is -1.60. The number of aromatic amines is 1. The third-order valence-electron chi connectivity index (χ3n) is 3.47. The largest absolute Gasteiger partial charge is 0.344 e. The van der Waals surface area contributed by atoms with Crippen LogP contribution in [-0.4, -0.2) is 26.8 Å². The maximum Gasteiger partial charge on any atom is 0.344 e. The Morgan fingerprint density at radius 2 is 2.35 bits per heavy atom. The van der Waals surface area contributed by atoms with Gasteiger partial charge in [-0.15, -0.1) is 5.10 Å². The number of rotatable bonds is 5. The molecule has 0 amide bonds. The first-order chi connectivity index (χ1) is 9.69. The molecule has 6 nitrogen and oxygen atoms in total. The summed E-state index contributed by atoms with van der Waals surface area (Å²) < 4.78 is 1.74. The van der Waals surface area contributed by atoms with E-state index in [1.54, 1.807) is 10.8 Å². The van der Waals surface area contributed by atoms with Gasteiger partial charge in [-0.05, 0) is 56.3 Å². The molecule has 1 saturated carbocycles. The average molecular weight is 291 g/mol. The van der Waals surface area contributed by atoms with E-state index in [1.165, 1.54) is 17.3 Å². The molecule has 2 heterocycles. The Labute approximate surface area is 121 Å². The quantitative estimate of drug-likeness (QED) is 0.877. The maximum atomic E-state index is 11.7. The molecule has 0 aromatic carbocycles. The van der Waals surface area contributed by atoms with E-state index in [2.05, 4.69) is 27.4 Å². The highest BCUT2D eigenvalue weighted by Crippen LogP contribution is 2.37. The van der Waals surface area contributed by atoms with Crippen LogP contribution in [0.25, 0.3) is 0 Å². The number of pyridine rings is 1. The molecule has 2 N–H and O–H groups in total. The van der Waals surface area contributed by atoms with Crippen molar-refractivity contribution in [2.45, 2.75) is 42.0 Å². The molecule has 20 heavy (non-hydrogen) atoms. The lowest BCUT2D eigenvalue weighted by molar-refractivity contribution is 0.640. The van der Waals surface area contributed by atoms with Crippen molar-refractivity contribution < 1.29 is 0 Å². The van der Waals surface area contributed by atoms with Crippen LogP contribution in [0.5, 0.6) is 0 Å². The molecule has 0 aliphatic heterocycles. The SMILES string of the molecule is CNC(C)c1ccnc(Sc2n[nH]c(=O)n2C2CC2)c1. The lowest BCUT2D eigenvalue weighted by Gasteiger charge is -2.11. The maximum absolute atomic E-state index is 11.7. The highest BCUT2D eigenvalue weighted by Gasteiger charge is 2.28. The van der Waals surface area contributed by atoms with Crippen molar-refractivity contribution in [3.63, 3.8) is 0 Å². The van der Waals surface area contributed by atoms with Crippen LogP contribution in [0.3, 0.4) is 0 Å². The van der Waals surface area contributed by atoms with Gasteiger partial charge < -0.3 is 5.32 Å². The van der Waals surface area contributed by atoms with Crippen LogP contribution < -0.4 is 11.0 Å². The number of hydrogen-bond donors (Lipinski definition) is 2. The predicted molar refractivity (Wildman–Crippen MR) is 77.0 cm³/mol. The molecule has 1 atom stereocenters. The lowest BCUT2D eigenvalue weighted by atomic mass is 10.1. The zero-order chi connectivity index (χ0) is 14.1. The number of aromatic nitrogens is 4. The summed E-state index contributed by atoms with van der Waals surface area (Å²) in [6.45, 7) is 2.10. The molecule has 1 fully saturated rings. The first-order valence-electron chi connectivity index (χ1n) is 6.67. The molecule has 1 aliphatic rings. The first-order valence-corrected chi connectivity index (χ1v) is 7.48. The van der Waals surface area contributed by atoms with Crippen LogP contribution in [0.15, 0.2) is 33.3 Å². The number of nitrogens with one attached hydrogen (secondary N) is 2. The van der Waals surface area contributed by atoms with Crippen LogP contribution in [-0.2, 0) is 0 Å².